The van der Waals surface area contributed by atoms with Crippen molar-refractivity contribution in [3.8, 4) is 0 Å². The molecule has 1 N–H and O–H groups in total. The maximum Gasteiger partial charge on any atom is 0.265 e. The summed E-state index contributed by atoms with van der Waals surface area (Å²) in [6.45, 7) is 10.4. The maximum atomic E-state index is 12.0. The molecule has 1 aromatic rings. The second-order valence-corrected chi connectivity index (χ2v) is 7.08. The van der Waals surface area contributed by atoms with E-state index in [2.05, 4.69) is 60.5 Å². The van der Waals surface area contributed by atoms with Gasteiger partial charge in [-0.3, -0.25) is 4.79 Å². The van der Waals surface area contributed by atoms with Crippen molar-refractivity contribution in [1.29, 1.82) is 0 Å². The van der Waals surface area contributed by atoms with Crippen molar-refractivity contribution in [1.82, 2.24) is 9.97 Å². The van der Waals surface area contributed by atoms with E-state index >= 15 is 0 Å². The van der Waals surface area contributed by atoms with Gasteiger partial charge in [0.15, 0.2) is 0 Å². The minimum absolute atomic E-state index is 0.131. The van der Waals surface area contributed by atoms with Crippen LogP contribution in [0.3, 0.4) is 0 Å². The molecular weight excluding hydrogens is 308 g/mol. The van der Waals surface area contributed by atoms with Gasteiger partial charge in [0.25, 0.3) is 5.56 Å². The first kappa shape index (κ1) is 16.4. The van der Waals surface area contributed by atoms with Crippen molar-refractivity contribution in [2.45, 2.75) is 47.1 Å². The molecule has 1 aromatic heterocycles. The minimum Gasteiger partial charge on any atom is -0.373 e. The number of aromatic nitrogens is 2. The lowest BCUT2D eigenvalue weighted by Crippen LogP contribution is -2.26. The predicted molar refractivity (Wildman–Crippen MR) is 80.3 cm³/mol. The van der Waals surface area contributed by atoms with E-state index in [1.54, 1.807) is 7.11 Å². The highest BCUT2D eigenvalue weighted by Gasteiger charge is 2.29. The Labute approximate surface area is 123 Å². The molecule has 0 spiro atoms. The summed E-state index contributed by atoms with van der Waals surface area (Å²) in [5, 5.41) is 0. The molecule has 0 aliphatic heterocycles. The number of nitrogens with zero attached hydrogens (tertiary/aromatic N) is 1. The molecule has 1 unspecified atom stereocenters. The number of ether oxygens (including phenoxy) is 1. The van der Waals surface area contributed by atoms with Crippen LogP contribution in [0.25, 0.3) is 0 Å². The second-order valence-electron chi connectivity index (χ2n) is 6.29. The van der Waals surface area contributed by atoms with E-state index in [-0.39, 0.29) is 17.1 Å². The van der Waals surface area contributed by atoms with Crippen LogP contribution in [0.2, 0.25) is 0 Å². The summed E-state index contributed by atoms with van der Waals surface area (Å²) in [6.07, 6.45) is 0.525. The quantitative estimate of drug-likeness (QED) is 0.919. The summed E-state index contributed by atoms with van der Waals surface area (Å²) in [5.74, 6) is 1.04. The Morgan fingerprint density at radius 2 is 1.95 bits per heavy atom. The molecule has 0 aliphatic rings. The summed E-state index contributed by atoms with van der Waals surface area (Å²) in [7, 11) is 1.64. The van der Waals surface area contributed by atoms with Crippen molar-refractivity contribution in [3.05, 3.63) is 26.3 Å². The summed E-state index contributed by atoms with van der Waals surface area (Å²) in [5.41, 5.74) is 0.514. The number of aromatic amines is 1. The lowest BCUT2D eigenvalue weighted by atomic mass is 9.88. The summed E-state index contributed by atoms with van der Waals surface area (Å²) < 4.78 is 6.03. The van der Waals surface area contributed by atoms with E-state index in [1.165, 1.54) is 0 Å². The van der Waals surface area contributed by atoms with Gasteiger partial charge in [-0.25, -0.2) is 4.98 Å². The molecule has 0 aromatic carbocycles. The minimum atomic E-state index is -0.237. The van der Waals surface area contributed by atoms with Crippen molar-refractivity contribution in [2.75, 3.05) is 7.11 Å². The molecule has 5 heteroatoms. The summed E-state index contributed by atoms with van der Waals surface area (Å²) >= 11 is 3.32. The molecule has 0 saturated carbocycles. The third kappa shape index (κ3) is 4.14. The third-order valence-electron chi connectivity index (χ3n) is 2.82. The maximum absolute atomic E-state index is 12.0. The Morgan fingerprint density at radius 3 is 2.37 bits per heavy atom. The van der Waals surface area contributed by atoms with Gasteiger partial charge >= 0.3 is 0 Å². The zero-order chi connectivity index (χ0) is 14.8. The highest BCUT2D eigenvalue weighted by atomic mass is 79.9. The molecule has 1 atom stereocenters. The fourth-order valence-electron chi connectivity index (χ4n) is 2.05. The normalized spacial score (nSPS) is 13.9. The van der Waals surface area contributed by atoms with E-state index in [0.29, 0.717) is 16.2 Å². The van der Waals surface area contributed by atoms with Gasteiger partial charge in [0.1, 0.15) is 16.4 Å². The monoisotopic (exact) mass is 330 g/mol. The number of nitrogens with one attached hydrogen (secondary N) is 1. The Kier molecular flexibility index (Phi) is 5.33. The standard InChI is InChI=1S/C14H23BrN2O2/c1-8(2)7-9-10(15)13(18)17-12(16-9)11(19-6)14(3,4)5/h8,11H,7H2,1-6H3,(H,16,17,18). The fourth-order valence-corrected chi connectivity index (χ4v) is 2.40. The molecule has 4 nitrogen and oxygen atoms in total. The average molecular weight is 331 g/mol. The Bertz CT molecular complexity index is 489. The Balaban J connectivity index is 3.30. The molecule has 1 rings (SSSR count). The van der Waals surface area contributed by atoms with E-state index in [0.717, 1.165) is 12.1 Å². The van der Waals surface area contributed by atoms with E-state index in [1.807, 2.05) is 0 Å². The molecule has 1 heterocycles. The lowest BCUT2D eigenvalue weighted by molar-refractivity contribution is 0.00827. The average Bonchev–Trinajstić information content (AvgIpc) is 2.23. The highest BCUT2D eigenvalue weighted by Crippen LogP contribution is 2.33. The molecule has 0 radical (unpaired) electrons. The highest BCUT2D eigenvalue weighted by molar-refractivity contribution is 9.10. The van der Waals surface area contributed by atoms with Gasteiger partial charge in [-0.2, -0.15) is 0 Å². The number of halogens is 1. The molecular formula is C14H23BrN2O2. The van der Waals surface area contributed by atoms with Crippen LogP contribution in [0, 0.1) is 11.3 Å². The molecule has 0 saturated heterocycles. The largest absolute Gasteiger partial charge is 0.373 e. The number of H-pyrrole nitrogens is 1. The molecule has 0 fully saturated rings. The van der Waals surface area contributed by atoms with Crippen molar-refractivity contribution in [3.63, 3.8) is 0 Å². The van der Waals surface area contributed by atoms with Crippen molar-refractivity contribution < 1.29 is 4.74 Å². The summed E-state index contributed by atoms with van der Waals surface area (Å²) in [6, 6.07) is 0. The lowest BCUT2D eigenvalue weighted by Gasteiger charge is -2.28. The molecule has 0 aliphatic carbocycles. The molecule has 108 valence electrons. The van der Waals surface area contributed by atoms with Crippen LogP contribution in [-0.2, 0) is 11.2 Å². The van der Waals surface area contributed by atoms with E-state index < -0.39 is 0 Å². The second kappa shape index (κ2) is 6.18. The van der Waals surface area contributed by atoms with E-state index in [9.17, 15) is 4.79 Å². The number of hydrogen-bond donors (Lipinski definition) is 1. The zero-order valence-electron chi connectivity index (χ0n) is 12.5. The first-order valence-corrected chi connectivity index (χ1v) is 7.27. The first-order valence-electron chi connectivity index (χ1n) is 6.48. The predicted octanol–water partition coefficient (Wildman–Crippen LogP) is 3.46. The summed E-state index contributed by atoms with van der Waals surface area (Å²) in [4.78, 5) is 19.4. The Hall–Kier alpha value is -0.680. The van der Waals surface area contributed by atoms with Crippen molar-refractivity contribution in [2.24, 2.45) is 11.3 Å². The zero-order valence-corrected chi connectivity index (χ0v) is 14.1. The first-order chi connectivity index (χ1) is 8.66. The van der Waals surface area contributed by atoms with Crippen molar-refractivity contribution >= 4 is 15.9 Å². The van der Waals surface area contributed by atoms with Gasteiger partial charge in [0.05, 0.1) is 5.69 Å². The van der Waals surface area contributed by atoms with Crippen LogP contribution >= 0.6 is 15.9 Å². The third-order valence-corrected chi connectivity index (χ3v) is 3.64. The smallest absolute Gasteiger partial charge is 0.265 e. The van der Waals surface area contributed by atoms with Gasteiger partial charge in [-0.05, 0) is 33.7 Å². The van der Waals surface area contributed by atoms with Crippen LogP contribution in [0.4, 0.5) is 0 Å². The topological polar surface area (TPSA) is 55.0 Å². The van der Waals surface area contributed by atoms with Crippen LogP contribution in [-0.4, -0.2) is 17.1 Å². The SMILES string of the molecule is COC(c1nc(CC(C)C)c(Br)c(=O)[nH]1)C(C)(C)C. The number of methoxy groups -OCH3 is 1. The number of hydrogen-bond acceptors (Lipinski definition) is 3. The van der Waals surface area contributed by atoms with Crippen LogP contribution in [0.15, 0.2) is 9.27 Å². The van der Waals surface area contributed by atoms with Gasteiger partial charge in [-0.1, -0.05) is 34.6 Å². The fraction of sp³-hybridized carbons (Fsp3) is 0.714. The van der Waals surface area contributed by atoms with Gasteiger partial charge in [0, 0.05) is 7.11 Å². The van der Waals surface area contributed by atoms with Gasteiger partial charge < -0.3 is 9.72 Å². The molecule has 0 bridgehead atoms. The van der Waals surface area contributed by atoms with Gasteiger partial charge in [-0.15, -0.1) is 0 Å². The Morgan fingerprint density at radius 1 is 1.37 bits per heavy atom. The van der Waals surface area contributed by atoms with Crippen LogP contribution < -0.4 is 5.56 Å². The van der Waals surface area contributed by atoms with Crippen LogP contribution in [0.5, 0.6) is 0 Å². The van der Waals surface area contributed by atoms with Crippen LogP contribution in [0.1, 0.15) is 52.2 Å². The number of rotatable bonds is 4. The van der Waals surface area contributed by atoms with Gasteiger partial charge in [0.2, 0.25) is 0 Å². The van der Waals surface area contributed by atoms with E-state index in [4.69, 9.17) is 4.74 Å². The molecule has 0 amide bonds. The molecule has 19 heavy (non-hydrogen) atoms.